The van der Waals surface area contributed by atoms with Crippen LogP contribution in [0.1, 0.15) is 25.5 Å². The van der Waals surface area contributed by atoms with Gasteiger partial charge >= 0.3 is 0 Å². The van der Waals surface area contributed by atoms with E-state index in [0.29, 0.717) is 12.5 Å². The number of nitrogens with one attached hydrogen (secondary N) is 1. The van der Waals surface area contributed by atoms with Crippen LogP contribution < -0.4 is 10.1 Å². The normalized spacial score (nSPS) is 11.9. The van der Waals surface area contributed by atoms with Gasteiger partial charge in [-0.05, 0) is 19.4 Å². The van der Waals surface area contributed by atoms with Crippen LogP contribution in [0, 0.1) is 0 Å². The minimum Gasteiger partial charge on any atom is -0.478 e. The molecule has 0 bridgehead atoms. The highest BCUT2D eigenvalue weighted by Crippen LogP contribution is 2.19. The van der Waals surface area contributed by atoms with Gasteiger partial charge in [-0.15, -0.1) is 0 Å². The van der Waals surface area contributed by atoms with E-state index in [1.165, 1.54) is 11.9 Å². The molecule has 4 heteroatoms. The van der Waals surface area contributed by atoms with E-state index in [9.17, 15) is 0 Å². The van der Waals surface area contributed by atoms with E-state index < -0.39 is 0 Å². The van der Waals surface area contributed by atoms with Gasteiger partial charge in [0.25, 0.3) is 0 Å². The van der Waals surface area contributed by atoms with Gasteiger partial charge in [-0.25, -0.2) is 9.97 Å². The fourth-order valence-electron chi connectivity index (χ4n) is 1.69. The van der Waals surface area contributed by atoms with Crippen molar-refractivity contribution in [3.8, 4) is 5.88 Å². The molecule has 0 spiro atoms. The highest BCUT2D eigenvalue weighted by molar-refractivity contribution is 5.40. The summed E-state index contributed by atoms with van der Waals surface area (Å²) >= 11 is 0. The van der Waals surface area contributed by atoms with Gasteiger partial charge in [-0.2, -0.15) is 0 Å². The number of anilines is 1. The zero-order chi connectivity index (χ0) is 12.8. The average Bonchev–Trinajstić information content (AvgIpc) is 2.40. The van der Waals surface area contributed by atoms with Crippen LogP contribution in [-0.4, -0.2) is 16.6 Å². The molecule has 1 aromatic heterocycles. The van der Waals surface area contributed by atoms with Crippen LogP contribution in [0.5, 0.6) is 5.88 Å². The van der Waals surface area contributed by atoms with Crippen molar-refractivity contribution < 1.29 is 4.74 Å². The molecule has 18 heavy (non-hydrogen) atoms. The Labute approximate surface area is 107 Å². The van der Waals surface area contributed by atoms with Crippen molar-refractivity contribution in [2.24, 2.45) is 0 Å². The molecule has 1 unspecified atom stereocenters. The summed E-state index contributed by atoms with van der Waals surface area (Å²) in [4.78, 5) is 8.22. The van der Waals surface area contributed by atoms with E-state index in [4.69, 9.17) is 4.74 Å². The molecule has 1 N–H and O–H groups in total. The van der Waals surface area contributed by atoms with E-state index in [0.717, 1.165) is 5.82 Å². The summed E-state index contributed by atoms with van der Waals surface area (Å²) in [7, 11) is 0. The molecule has 0 amide bonds. The lowest BCUT2D eigenvalue weighted by Crippen LogP contribution is -2.08. The summed E-state index contributed by atoms with van der Waals surface area (Å²) in [5, 5.41) is 3.33. The van der Waals surface area contributed by atoms with Crippen molar-refractivity contribution in [2.45, 2.75) is 19.9 Å². The standard InChI is InChI=1S/C14H17N3O/c1-3-18-14-9-13(15-10-16-14)17-11(2)12-7-5-4-6-8-12/h4-11H,3H2,1-2H3,(H,15,16,17). The van der Waals surface area contributed by atoms with Crippen molar-refractivity contribution in [1.29, 1.82) is 0 Å². The Hall–Kier alpha value is -2.10. The molecule has 0 fully saturated rings. The molecule has 94 valence electrons. The summed E-state index contributed by atoms with van der Waals surface area (Å²) in [6.45, 7) is 4.63. The minimum absolute atomic E-state index is 0.190. The van der Waals surface area contributed by atoms with Gasteiger partial charge in [-0.3, -0.25) is 0 Å². The Morgan fingerprint density at radius 2 is 2.00 bits per heavy atom. The van der Waals surface area contributed by atoms with Gasteiger partial charge in [0.2, 0.25) is 5.88 Å². The van der Waals surface area contributed by atoms with Gasteiger partial charge in [0.1, 0.15) is 12.1 Å². The maximum absolute atomic E-state index is 5.34. The molecule has 4 nitrogen and oxygen atoms in total. The summed E-state index contributed by atoms with van der Waals surface area (Å²) in [6.07, 6.45) is 1.50. The van der Waals surface area contributed by atoms with Crippen molar-refractivity contribution in [3.63, 3.8) is 0 Å². The molecule has 0 aliphatic heterocycles. The highest BCUT2D eigenvalue weighted by Gasteiger charge is 2.06. The van der Waals surface area contributed by atoms with Crippen LogP contribution in [0.4, 0.5) is 5.82 Å². The summed E-state index contributed by atoms with van der Waals surface area (Å²) < 4.78 is 5.34. The molecule has 0 saturated carbocycles. The van der Waals surface area contributed by atoms with Gasteiger partial charge in [0.05, 0.1) is 6.61 Å². The Morgan fingerprint density at radius 3 is 2.72 bits per heavy atom. The van der Waals surface area contributed by atoms with E-state index >= 15 is 0 Å². The number of nitrogens with zero attached hydrogens (tertiary/aromatic N) is 2. The first kappa shape index (κ1) is 12.4. The van der Waals surface area contributed by atoms with Crippen LogP contribution in [0.2, 0.25) is 0 Å². The van der Waals surface area contributed by atoms with Crippen LogP contribution >= 0.6 is 0 Å². The van der Waals surface area contributed by atoms with Crippen LogP contribution in [0.15, 0.2) is 42.7 Å². The summed E-state index contributed by atoms with van der Waals surface area (Å²) in [6, 6.07) is 12.2. The second-order valence-corrected chi connectivity index (χ2v) is 3.95. The third-order valence-corrected chi connectivity index (χ3v) is 2.60. The molecule has 0 radical (unpaired) electrons. The first-order valence-electron chi connectivity index (χ1n) is 6.06. The second kappa shape index (κ2) is 6.00. The molecule has 0 saturated heterocycles. The minimum atomic E-state index is 0.190. The van der Waals surface area contributed by atoms with E-state index in [1.54, 1.807) is 0 Å². The van der Waals surface area contributed by atoms with Crippen LogP contribution in [-0.2, 0) is 0 Å². The van der Waals surface area contributed by atoms with Gasteiger partial charge in [0, 0.05) is 12.1 Å². The largest absolute Gasteiger partial charge is 0.478 e. The first-order chi connectivity index (χ1) is 8.79. The highest BCUT2D eigenvalue weighted by atomic mass is 16.5. The van der Waals surface area contributed by atoms with Crippen molar-refractivity contribution in [2.75, 3.05) is 11.9 Å². The molecular weight excluding hydrogens is 226 g/mol. The number of hydrogen-bond acceptors (Lipinski definition) is 4. The fraction of sp³-hybridized carbons (Fsp3) is 0.286. The maximum atomic E-state index is 5.34. The zero-order valence-corrected chi connectivity index (χ0v) is 10.6. The molecular formula is C14H17N3O. The molecule has 0 aliphatic rings. The predicted molar refractivity (Wildman–Crippen MR) is 71.7 cm³/mol. The number of aromatic nitrogens is 2. The Bertz CT molecular complexity index is 487. The first-order valence-corrected chi connectivity index (χ1v) is 6.06. The monoisotopic (exact) mass is 243 g/mol. The van der Waals surface area contributed by atoms with E-state index in [1.807, 2.05) is 31.2 Å². The topological polar surface area (TPSA) is 47.0 Å². The fourth-order valence-corrected chi connectivity index (χ4v) is 1.69. The molecule has 2 aromatic rings. The quantitative estimate of drug-likeness (QED) is 0.876. The van der Waals surface area contributed by atoms with Crippen LogP contribution in [0.3, 0.4) is 0 Å². The average molecular weight is 243 g/mol. The number of hydrogen-bond donors (Lipinski definition) is 1. The Balaban J connectivity index is 2.07. The predicted octanol–water partition coefficient (Wildman–Crippen LogP) is 3.05. The summed E-state index contributed by atoms with van der Waals surface area (Å²) in [5.41, 5.74) is 1.22. The third-order valence-electron chi connectivity index (χ3n) is 2.60. The summed E-state index contributed by atoms with van der Waals surface area (Å²) in [5.74, 6) is 1.36. The third kappa shape index (κ3) is 3.20. The van der Waals surface area contributed by atoms with Gasteiger partial charge < -0.3 is 10.1 Å². The lowest BCUT2D eigenvalue weighted by atomic mass is 10.1. The van der Waals surface area contributed by atoms with Crippen molar-refractivity contribution >= 4 is 5.82 Å². The molecule has 2 rings (SSSR count). The zero-order valence-electron chi connectivity index (χ0n) is 10.6. The SMILES string of the molecule is CCOc1cc(NC(C)c2ccccc2)ncn1. The number of ether oxygens (including phenoxy) is 1. The van der Waals surface area contributed by atoms with Crippen molar-refractivity contribution in [3.05, 3.63) is 48.3 Å². The number of benzene rings is 1. The molecule has 0 aliphatic carbocycles. The second-order valence-electron chi connectivity index (χ2n) is 3.95. The molecule has 1 aromatic carbocycles. The molecule has 1 atom stereocenters. The lowest BCUT2D eigenvalue weighted by molar-refractivity contribution is 0.326. The smallest absolute Gasteiger partial charge is 0.218 e. The number of rotatable bonds is 5. The molecule has 1 heterocycles. The van der Waals surface area contributed by atoms with Crippen molar-refractivity contribution in [1.82, 2.24) is 9.97 Å². The Kier molecular flexibility index (Phi) is 4.12. The van der Waals surface area contributed by atoms with Gasteiger partial charge in [-0.1, -0.05) is 30.3 Å². The Morgan fingerprint density at radius 1 is 1.22 bits per heavy atom. The van der Waals surface area contributed by atoms with Crippen LogP contribution in [0.25, 0.3) is 0 Å². The maximum Gasteiger partial charge on any atom is 0.218 e. The lowest BCUT2D eigenvalue weighted by Gasteiger charge is -2.15. The van der Waals surface area contributed by atoms with E-state index in [-0.39, 0.29) is 6.04 Å². The van der Waals surface area contributed by atoms with E-state index in [2.05, 4.69) is 34.3 Å². The van der Waals surface area contributed by atoms with Gasteiger partial charge in [0.15, 0.2) is 0 Å².